The van der Waals surface area contributed by atoms with E-state index in [1.807, 2.05) is 0 Å². The fourth-order valence-electron chi connectivity index (χ4n) is 3.97. The highest BCUT2D eigenvalue weighted by atomic mass is 16.2. The zero-order chi connectivity index (χ0) is 21.9. The van der Waals surface area contributed by atoms with Crippen LogP contribution in [0.5, 0.6) is 0 Å². The van der Waals surface area contributed by atoms with E-state index in [9.17, 15) is 24.0 Å². The minimum absolute atomic E-state index is 0.341. The van der Waals surface area contributed by atoms with E-state index in [-0.39, 0.29) is 5.78 Å². The monoisotopic (exact) mass is 379 g/mol. The first kappa shape index (κ1) is 25.4. The number of carbonyl (C=O) groups is 4. The van der Waals surface area contributed by atoms with Gasteiger partial charge in [0, 0.05) is 29.6 Å². The molecule has 0 rings (SSSR count). The van der Waals surface area contributed by atoms with Crippen molar-refractivity contribution in [2.75, 3.05) is 0 Å². The lowest BCUT2D eigenvalue weighted by molar-refractivity contribution is -0.162. The number of carbonyl (C=O) groups excluding carboxylic acids is 5. The molecule has 27 heavy (non-hydrogen) atoms. The van der Waals surface area contributed by atoms with E-state index in [0.717, 1.165) is 0 Å². The Bertz CT molecular complexity index is 592. The van der Waals surface area contributed by atoms with Gasteiger partial charge in [-0.3, -0.25) is 24.0 Å². The Kier molecular flexibility index (Phi) is 8.48. The number of hydrogen-bond donors (Lipinski definition) is 0. The van der Waals surface area contributed by atoms with E-state index in [0.29, 0.717) is 0 Å². The van der Waals surface area contributed by atoms with Crippen LogP contribution in [0.15, 0.2) is 0 Å². The first-order valence-electron chi connectivity index (χ1n) is 9.70. The van der Waals surface area contributed by atoms with Gasteiger partial charge in [-0.05, 0) is 6.92 Å². The Labute approximate surface area is 163 Å². The van der Waals surface area contributed by atoms with Crippen molar-refractivity contribution in [2.24, 2.45) is 40.4 Å². The molecule has 0 N–H and O–H groups in total. The van der Waals surface area contributed by atoms with Crippen LogP contribution in [-0.4, -0.2) is 29.4 Å². The van der Waals surface area contributed by atoms with Gasteiger partial charge in [0.25, 0.3) is 0 Å². The maximum atomic E-state index is 13.3. The third-order valence-corrected chi connectivity index (χ3v) is 5.54. The first-order valence-corrected chi connectivity index (χ1v) is 9.70. The Morgan fingerprint density at radius 2 is 0.963 bits per heavy atom. The molecule has 153 valence electrons. The van der Waals surface area contributed by atoms with Gasteiger partial charge in [-0.25, -0.2) is 0 Å². The molecule has 0 heterocycles. The van der Waals surface area contributed by atoms with E-state index in [2.05, 4.69) is 0 Å². The topological polar surface area (TPSA) is 85.3 Å². The van der Waals surface area contributed by atoms with Crippen LogP contribution in [0.2, 0.25) is 0 Å². The average molecular weight is 380 g/mol. The fourth-order valence-corrected chi connectivity index (χ4v) is 3.97. The number of hydrogen-bond acceptors (Lipinski definition) is 5. The second-order valence-corrected chi connectivity index (χ2v) is 8.87. The molecule has 5 heteroatoms. The highest BCUT2D eigenvalue weighted by molar-refractivity contribution is 6.19. The fraction of sp³-hybridized carbons (Fsp3) is 0.773. The number of Topliss-reactive ketones (excluding diaryl/α,β-unsaturated/α-hetero) is 4. The molecule has 2 atom stereocenters. The van der Waals surface area contributed by atoms with Gasteiger partial charge in [0.05, 0.1) is 0 Å². The van der Waals surface area contributed by atoms with Crippen LogP contribution in [0.4, 0.5) is 0 Å². The van der Waals surface area contributed by atoms with Crippen LogP contribution in [0.3, 0.4) is 0 Å². The molecule has 0 bridgehead atoms. The first-order chi connectivity index (χ1) is 12.1. The SMILES string of the molecule is CC(C)C(=O)C(C)C([C]=O)(C(=O)C(C)C)C(C)(C(=O)C(C)C)C(=O)C(C)C. The third kappa shape index (κ3) is 4.12. The van der Waals surface area contributed by atoms with Gasteiger partial charge in [0.15, 0.2) is 5.78 Å². The van der Waals surface area contributed by atoms with Crippen molar-refractivity contribution in [1.82, 2.24) is 0 Å². The van der Waals surface area contributed by atoms with E-state index in [1.165, 1.54) is 13.8 Å². The van der Waals surface area contributed by atoms with Crippen LogP contribution >= 0.6 is 0 Å². The van der Waals surface area contributed by atoms with E-state index >= 15 is 0 Å². The molecule has 1 radical (unpaired) electrons. The van der Waals surface area contributed by atoms with Gasteiger partial charge in [-0.1, -0.05) is 62.3 Å². The molecule has 0 amide bonds. The van der Waals surface area contributed by atoms with Crippen LogP contribution in [0.25, 0.3) is 0 Å². The lowest BCUT2D eigenvalue weighted by Crippen LogP contribution is -2.63. The van der Waals surface area contributed by atoms with Gasteiger partial charge < -0.3 is 0 Å². The quantitative estimate of drug-likeness (QED) is 0.512. The summed E-state index contributed by atoms with van der Waals surface area (Å²) in [6.45, 7) is 15.8. The van der Waals surface area contributed by atoms with Crippen molar-refractivity contribution in [3.8, 4) is 0 Å². The molecule has 0 fully saturated rings. The minimum Gasteiger partial charge on any atom is -0.299 e. The Morgan fingerprint density at radius 3 is 1.19 bits per heavy atom. The summed E-state index contributed by atoms with van der Waals surface area (Å²) in [4.78, 5) is 65.2. The van der Waals surface area contributed by atoms with Crippen LogP contribution in [0, 0.1) is 40.4 Å². The lowest BCUT2D eigenvalue weighted by Gasteiger charge is -2.47. The van der Waals surface area contributed by atoms with Gasteiger partial charge in [0.1, 0.15) is 28.2 Å². The number of rotatable bonds is 11. The molecule has 0 aromatic carbocycles. The van der Waals surface area contributed by atoms with Gasteiger partial charge in [-0.15, -0.1) is 0 Å². The van der Waals surface area contributed by atoms with E-state index < -0.39 is 57.8 Å². The molecular formula is C22H35O5. The molecule has 0 aliphatic heterocycles. The van der Waals surface area contributed by atoms with Crippen molar-refractivity contribution >= 4 is 29.4 Å². The van der Waals surface area contributed by atoms with Gasteiger partial charge in [-0.2, -0.15) is 0 Å². The summed E-state index contributed by atoms with van der Waals surface area (Å²) in [6, 6.07) is 0. The van der Waals surface area contributed by atoms with Gasteiger partial charge in [0.2, 0.25) is 6.29 Å². The summed E-state index contributed by atoms with van der Waals surface area (Å²) in [5.41, 5.74) is -4.10. The molecule has 2 unspecified atom stereocenters. The second-order valence-electron chi connectivity index (χ2n) is 8.87. The molecule has 0 saturated carbocycles. The average Bonchev–Trinajstić information content (AvgIpc) is 2.59. The van der Waals surface area contributed by atoms with Crippen LogP contribution < -0.4 is 0 Å². The summed E-state index contributed by atoms with van der Waals surface area (Å²) in [5.74, 6) is -5.38. The van der Waals surface area contributed by atoms with Crippen molar-refractivity contribution in [3.05, 3.63) is 0 Å². The smallest absolute Gasteiger partial charge is 0.215 e. The third-order valence-electron chi connectivity index (χ3n) is 5.54. The molecule has 5 nitrogen and oxygen atoms in total. The molecule has 0 saturated heterocycles. The zero-order valence-corrected chi connectivity index (χ0v) is 18.4. The van der Waals surface area contributed by atoms with E-state index in [1.54, 1.807) is 61.7 Å². The summed E-state index contributed by atoms with van der Waals surface area (Å²) >= 11 is 0. The molecule has 0 aliphatic rings. The predicted octanol–water partition coefficient (Wildman–Crippen LogP) is 3.63. The molecule has 0 aromatic rings. The maximum Gasteiger partial charge on any atom is 0.215 e. The molecule has 0 aliphatic carbocycles. The summed E-state index contributed by atoms with van der Waals surface area (Å²) < 4.78 is 0. The Balaban J connectivity index is 7.24. The van der Waals surface area contributed by atoms with Crippen molar-refractivity contribution in [3.63, 3.8) is 0 Å². The summed E-state index contributed by atoms with van der Waals surface area (Å²) in [6.07, 6.45) is 1.78. The maximum absolute atomic E-state index is 13.3. The van der Waals surface area contributed by atoms with E-state index in [4.69, 9.17) is 0 Å². The summed E-state index contributed by atoms with van der Waals surface area (Å²) in [7, 11) is 0. The highest BCUT2D eigenvalue weighted by Gasteiger charge is 2.66. The molecular weight excluding hydrogens is 344 g/mol. The Morgan fingerprint density at radius 1 is 0.630 bits per heavy atom. The predicted molar refractivity (Wildman–Crippen MR) is 105 cm³/mol. The molecule has 0 aromatic heterocycles. The lowest BCUT2D eigenvalue weighted by atomic mass is 9.49. The van der Waals surface area contributed by atoms with Crippen LogP contribution in [0.1, 0.15) is 69.2 Å². The van der Waals surface area contributed by atoms with Crippen LogP contribution in [-0.2, 0) is 24.0 Å². The largest absolute Gasteiger partial charge is 0.299 e. The zero-order valence-electron chi connectivity index (χ0n) is 18.4. The Hall–Kier alpha value is -1.65. The molecule has 0 spiro atoms. The van der Waals surface area contributed by atoms with Crippen molar-refractivity contribution in [2.45, 2.75) is 69.2 Å². The number of ketones is 4. The summed E-state index contributed by atoms with van der Waals surface area (Å²) in [5, 5.41) is 0. The minimum atomic E-state index is -2.15. The second kappa shape index (κ2) is 9.03. The highest BCUT2D eigenvalue weighted by Crippen LogP contribution is 2.50. The van der Waals surface area contributed by atoms with Gasteiger partial charge >= 0.3 is 0 Å². The normalized spacial score (nSPS) is 15.8. The standard InChI is InChI=1S/C22H35O5/c1-12(2)17(24)16(9)22(11-23,20(27)15(7)8)21(10,18(25)13(3)4)19(26)14(5)6/h12-16H,1-10H3. The van der Waals surface area contributed by atoms with Crippen molar-refractivity contribution in [1.29, 1.82) is 0 Å². The van der Waals surface area contributed by atoms with Crippen molar-refractivity contribution < 1.29 is 24.0 Å².